The molecule has 32 heavy (non-hydrogen) atoms. The van der Waals surface area contributed by atoms with Crippen molar-refractivity contribution in [1.82, 2.24) is 20.6 Å². The SMILES string of the molecule is CC(C(=O)Nc1ccc(C(=N)N)cc1)C1OCCN(c2cccc(-c3nn[nH]n3)c2)C1=O. The zero-order chi connectivity index (χ0) is 22.7. The van der Waals surface area contributed by atoms with E-state index in [1.807, 2.05) is 12.1 Å². The van der Waals surface area contributed by atoms with Gasteiger partial charge in [-0.25, -0.2) is 0 Å². The number of nitrogens with zero attached hydrogens (tertiary/aromatic N) is 4. The number of ether oxygens (including phenoxy) is 1. The van der Waals surface area contributed by atoms with Crippen molar-refractivity contribution in [2.75, 3.05) is 23.4 Å². The number of benzene rings is 2. The van der Waals surface area contributed by atoms with Crippen LogP contribution in [-0.2, 0) is 14.3 Å². The van der Waals surface area contributed by atoms with Crippen LogP contribution in [0.3, 0.4) is 0 Å². The lowest BCUT2D eigenvalue weighted by Crippen LogP contribution is -2.52. The first kappa shape index (κ1) is 21.1. The van der Waals surface area contributed by atoms with Crippen LogP contribution in [0, 0.1) is 11.3 Å². The number of anilines is 2. The predicted molar refractivity (Wildman–Crippen MR) is 117 cm³/mol. The molecular weight excluding hydrogens is 412 g/mol. The van der Waals surface area contributed by atoms with Crippen molar-refractivity contribution in [1.29, 1.82) is 5.41 Å². The van der Waals surface area contributed by atoms with E-state index in [1.54, 1.807) is 48.2 Å². The predicted octanol–water partition coefficient (Wildman–Crippen LogP) is 1.16. The number of aromatic amines is 1. The van der Waals surface area contributed by atoms with Crippen molar-refractivity contribution in [3.05, 3.63) is 54.1 Å². The van der Waals surface area contributed by atoms with Crippen LogP contribution in [0.4, 0.5) is 11.4 Å². The molecule has 0 bridgehead atoms. The van der Waals surface area contributed by atoms with Crippen LogP contribution in [0.5, 0.6) is 0 Å². The van der Waals surface area contributed by atoms with Gasteiger partial charge in [0.1, 0.15) is 11.9 Å². The number of nitrogen functional groups attached to an aromatic ring is 1. The summed E-state index contributed by atoms with van der Waals surface area (Å²) in [5.41, 5.74) is 7.93. The zero-order valence-corrected chi connectivity index (χ0v) is 17.3. The summed E-state index contributed by atoms with van der Waals surface area (Å²) in [6.07, 6.45) is -0.922. The average Bonchev–Trinajstić information content (AvgIpc) is 3.34. The molecular formula is C21H22N8O3. The summed E-state index contributed by atoms with van der Waals surface area (Å²) < 4.78 is 5.68. The summed E-state index contributed by atoms with van der Waals surface area (Å²) in [6, 6.07) is 13.8. The van der Waals surface area contributed by atoms with Crippen molar-refractivity contribution < 1.29 is 14.3 Å². The fraction of sp³-hybridized carbons (Fsp3) is 0.238. The maximum absolute atomic E-state index is 13.2. The molecule has 2 amide bonds. The molecule has 0 radical (unpaired) electrons. The number of H-pyrrole nitrogens is 1. The fourth-order valence-corrected chi connectivity index (χ4v) is 3.44. The van der Waals surface area contributed by atoms with Gasteiger partial charge in [0.2, 0.25) is 11.7 Å². The number of amidine groups is 1. The van der Waals surface area contributed by atoms with Crippen LogP contribution in [0.2, 0.25) is 0 Å². The Labute approximate surface area is 183 Å². The van der Waals surface area contributed by atoms with E-state index in [0.29, 0.717) is 41.5 Å². The molecule has 0 saturated carbocycles. The summed E-state index contributed by atoms with van der Waals surface area (Å²) >= 11 is 0. The highest BCUT2D eigenvalue weighted by atomic mass is 16.5. The Bertz CT molecular complexity index is 1130. The molecule has 164 valence electrons. The van der Waals surface area contributed by atoms with E-state index in [9.17, 15) is 9.59 Å². The third-order valence-corrected chi connectivity index (χ3v) is 5.21. The molecule has 1 aliphatic rings. The van der Waals surface area contributed by atoms with Gasteiger partial charge in [0, 0.05) is 29.0 Å². The van der Waals surface area contributed by atoms with E-state index >= 15 is 0 Å². The lowest BCUT2D eigenvalue weighted by molar-refractivity contribution is -0.143. The van der Waals surface area contributed by atoms with Crippen LogP contribution < -0.4 is 16.0 Å². The minimum Gasteiger partial charge on any atom is -0.384 e. The number of aromatic nitrogens is 4. The number of rotatable bonds is 6. The van der Waals surface area contributed by atoms with E-state index in [2.05, 4.69) is 25.9 Å². The van der Waals surface area contributed by atoms with Gasteiger partial charge in [-0.3, -0.25) is 15.0 Å². The Kier molecular flexibility index (Phi) is 5.90. The van der Waals surface area contributed by atoms with E-state index < -0.39 is 12.0 Å². The molecule has 2 aromatic carbocycles. The molecule has 1 saturated heterocycles. The molecule has 2 atom stereocenters. The van der Waals surface area contributed by atoms with Gasteiger partial charge >= 0.3 is 0 Å². The molecule has 11 heteroatoms. The quantitative estimate of drug-likeness (QED) is 0.334. The van der Waals surface area contributed by atoms with Crippen LogP contribution in [0.25, 0.3) is 11.4 Å². The Balaban J connectivity index is 1.47. The molecule has 2 unspecified atom stereocenters. The second-order valence-corrected chi connectivity index (χ2v) is 7.34. The van der Waals surface area contributed by atoms with Crippen LogP contribution >= 0.6 is 0 Å². The van der Waals surface area contributed by atoms with Gasteiger partial charge < -0.3 is 20.7 Å². The van der Waals surface area contributed by atoms with Gasteiger partial charge in [0.15, 0.2) is 0 Å². The molecule has 4 rings (SSSR count). The molecule has 5 N–H and O–H groups in total. The van der Waals surface area contributed by atoms with Crippen molar-refractivity contribution in [2.24, 2.45) is 11.7 Å². The second-order valence-electron chi connectivity index (χ2n) is 7.34. The van der Waals surface area contributed by atoms with Crippen LogP contribution in [-0.4, -0.2) is 57.5 Å². The maximum Gasteiger partial charge on any atom is 0.257 e. The molecule has 11 nitrogen and oxygen atoms in total. The topological polar surface area (TPSA) is 163 Å². The number of hydrogen-bond acceptors (Lipinski definition) is 7. The molecule has 1 aromatic heterocycles. The first-order valence-corrected chi connectivity index (χ1v) is 9.96. The number of carbonyl (C=O) groups excluding carboxylic acids is 2. The maximum atomic E-state index is 13.2. The third-order valence-electron chi connectivity index (χ3n) is 5.21. The molecule has 1 fully saturated rings. The zero-order valence-electron chi connectivity index (χ0n) is 17.3. The van der Waals surface area contributed by atoms with E-state index in [4.69, 9.17) is 15.9 Å². The van der Waals surface area contributed by atoms with Crippen molar-refractivity contribution in [3.8, 4) is 11.4 Å². The summed E-state index contributed by atoms with van der Waals surface area (Å²) in [5, 5.41) is 24.1. The van der Waals surface area contributed by atoms with Gasteiger partial charge in [-0.1, -0.05) is 19.1 Å². The number of nitrogens with two attached hydrogens (primary N) is 1. The van der Waals surface area contributed by atoms with Crippen LogP contribution in [0.1, 0.15) is 12.5 Å². The lowest BCUT2D eigenvalue weighted by Gasteiger charge is -2.34. The number of nitrogens with one attached hydrogen (secondary N) is 3. The van der Waals surface area contributed by atoms with Crippen LogP contribution in [0.15, 0.2) is 48.5 Å². The van der Waals surface area contributed by atoms with Gasteiger partial charge in [-0.2, -0.15) is 5.21 Å². The van der Waals surface area contributed by atoms with Crippen molar-refractivity contribution in [2.45, 2.75) is 13.0 Å². The minimum absolute atomic E-state index is 0.0547. The highest BCUT2D eigenvalue weighted by Gasteiger charge is 2.37. The van der Waals surface area contributed by atoms with E-state index in [1.165, 1.54) is 0 Å². The largest absolute Gasteiger partial charge is 0.384 e. The molecule has 3 aromatic rings. The Morgan fingerprint density at radius 1 is 1.31 bits per heavy atom. The number of morpholine rings is 1. The summed E-state index contributed by atoms with van der Waals surface area (Å²) in [6.45, 7) is 2.32. The van der Waals surface area contributed by atoms with Gasteiger partial charge in [-0.05, 0) is 41.6 Å². The number of tetrazole rings is 1. The Hall–Kier alpha value is -4.12. The molecule has 0 spiro atoms. The van der Waals surface area contributed by atoms with Crippen molar-refractivity contribution in [3.63, 3.8) is 0 Å². The number of hydrogen-bond donors (Lipinski definition) is 4. The smallest absolute Gasteiger partial charge is 0.257 e. The first-order valence-electron chi connectivity index (χ1n) is 9.96. The molecule has 0 aliphatic carbocycles. The molecule has 2 heterocycles. The normalized spacial score (nSPS) is 17.1. The summed E-state index contributed by atoms with van der Waals surface area (Å²) in [7, 11) is 0. The summed E-state index contributed by atoms with van der Waals surface area (Å²) in [5.74, 6) is -0.996. The minimum atomic E-state index is -0.922. The third kappa shape index (κ3) is 4.32. The second kappa shape index (κ2) is 8.94. The highest BCUT2D eigenvalue weighted by molar-refractivity contribution is 6.03. The average molecular weight is 434 g/mol. The van der Waals surface area contributed by atoms with E-state index in [0.717, 1.165) is 0 Å². The van der Waals surface area contributed by atoms with Gasteiger partial charge in [0.25, 0.3) is 5.91 Å². The van der Waals surface area contributed by atoms with Gasteiger partial charge in [0.05, 0.1) is 12.5 Å². The van der Waals surface area contributed by atoms with Gasteiger partial charge in [-0.15, -0.1) is 10.2 Å². The lowest BCUT2D eigenvalue weighted by atomic mass is 10.00. The summed E-state index contributed by atoms with van der Waals surface area (Å²) in [4.78, 5) is 27.5. The van der Waals surface area contributed by atoms with Crippen molar-refractivity contribution >= 4 is 29.0 Å². The Morgan fingerprint density at radius 2 is 2.09 bits per heavy atom. The standard InChI is InChI=1S/C21H22N8O3/c1-12(20(30)24-15-7-5-13(6-8-15)18(22)23)17-21(31)29(9-10-32-17)16-4-2-3-14(11-16)19-25-27-28-26-19/h2-8,11-12,17H,9-10H2,1H3,(H3,22,23)(H,24,30)(H,25,26,27,28). The number of carbonyl (C=O) groups is 2. The number of amides is 2. The molecule has 1 aliphatic heterocycles. The van der Waals surface area contributed by atoms with E-state index in [-0.39, 0.29) is 17.6 Å². The first-order chi connectivity index (χ1) is 15.4. The fourth-order valence-electron chi connectivity index (χ4n) is 3.44. The Morgan fingerprint density at radius 3 is 2.78 bits per heavy atom. The monoisotopic (exact) mass is 434 g/mol. The highest BCUT2D eigenvalue weighted by Crippen LogP contribution is 2.26.